The second-order valence-electron chi connectivity index (χ2n) is 4.87. The maximum atomic E-state index is 12.2. The van der Waals surface area contributed by atoms with Gasteiger partial charge in [0.1, 0.15) is 0 Å². The molecule has 0 saturated heterocycles. The molecule has 0 aliphatic carbocycles. The summed E-state index contributed by atoms with van der Waals surface area (Å²) in [5, 5.41) is 3.65. The van der Waals surface area contributed by atoms with E-state index in [-0.39, 0.29) is 5.91 Å². The Morgan fingerprint density at radius 3 is 2.04 bits per heavy atom. The maximum absolute atomic E-state index is 12.2. The quantitative estimate of drug-likeness (QED) is 0.738. The lowest BCUT2D eigenvalue weighted by atomic mass is 10.2. The fourth-order valence-electron chi connectivity index (χ4n) is 2.17. The Hall–Kier alpha value is -2.37. The molecule has 0 aromatic heterocycles. The van der Waals surface area contributed by atoms with Crippen molar-refractivity contribution >= 4 is 40.9 Å². The molecular formula is C18H17Cl2NO4. The van der Waals surface area contributed by atoms with E-state index in [0.717, 1.165) is 0 Å². The standard InChI is InChI=1S/C18H17Cl2NO4/c1-23-15-9-11(10-16(24-2)18(15)25-3)21-17(22)8-7-12-13(19)5-4-6-14(12)20/h4-10H,1-3H3,(H,21,22)/b8-7+. The first-order chi connectivity index (χ1) is 12.0. The minimum Gasteiger partial charge on any atom is -0.493 e. The lowest BCUT2D eigenvalue weighted by Crippen LogP contribution is -2.08. The molecule has 0 saturated carbocycles. The Labute approximate surface area is 156 Å². The van der Waals surface area contributed by atoms with Crippen molar-refractivity contribution in [2.45, 2.75) is 0 Å². The van der Waals surface area contributed by atoms with Crippen molar-refractivity contribution < 1.29 is 19.0 Å². The SMILES string of the molecule is COc1cc(NC(=O)/C=C/c2c(Cl)cccc2Cl)cc(OC)c1OC. The minimum absolute atomic E-state index is 0.356. The summed E-state index contributed by atoms with van der Waals surface area (Å²) in [6.07, 6.45) is 2.90. The Morgan fingerprint density at radius 1 is 1.00 bits per heavy atom. The molecule has 132 valence electrons. The highest BCUT2D eigenvalue weighted by Gasteiger charge is 2.14. The number of halogens is 2. The lowest BCUT2D eigenvalue weighted by Gasteiger charge is -2.14. The van der Waals surface area contributed by atoms with E-state index in [9.17, 15) is 4.79 Å². The van der Waals surface area contributed by atoms with Gasteiger partial charge in [0.05, 0.1) is 21.3 Å². The van der Waals surface area contributed by atoms with Crippen LogP contribution in [0.5, 0.6) is 17.2 Å². The van der Waals surface area contributed by atoms with Gasteiger partial charge < -0.3 is 19.5 Å². The minimum atomic E-state index is -0.356. The predicted octanol–water partition coefficient (Wildman–Crippen LogP) is 4.67. The molecule has 0 bridgehead atoms. The maximum Gasteiger partial charge on any atom is 0.248 e. The van der Waals surface area contributed by atoms with Crippen LogP contribution in [0.3, 0.4) is 0 Å². The van der Waals surface area contributed by atoms with Crippen molar-refractivity contribution in [1.29, 1.82) is 0 Å². The van der Waals surface area contributed by atoms with Gasteiger partial charge in [0.15, 0.2) is 11.5 Å². The summed E-state index contributed by atoms with van der Waals surface area (Å²) in [5.41, 5.74) is 1.07. The summed E-state index contributed by atoms with van der Waals surface area (Å²) >= 11 is 12.1. The highest BCUT2D eigenvalue weighted by Crippen LogP contribution is 2.39. The van der Waals surface area contributed by atoms with Crippen LogP contribution in [0.15, 0.2) is 36.4 Å². The molecule has 0 aliphatic heterocycles. The monoisotopic (exact) mass is 381 g/mol. The molecule has 0 aliphatic rings. The number of carbonyl (C=O) groups excluding carboxylic acids is 1. The summed E-state index contributed by atoms with van der Waals surface area (Å²) in [6, 6.07) is 8.40. The smallest absolute Gasteiger partial charge is 0.248 e. The van der Waals surface area contributed by atoms with Crippen molar-refractivity contribution in [2.24, 2.45) is 0 Å². The first kappa shape index (κ1) is 19.0. The molecule has 25 heavy (non-hydrogen) atoms. The van der Waals surface area contributed by atoms with Crippen LogP contribution in [0.25, 0.3) is 6.08 Å². The Kier molecular flexibility index (Phi) is 6.56. The Morgan fingerprint density at radius 2 is 1.56 bits per heavy atom. The average molecular weight is 382 g/mol. The highest BCUT2D eigenvalue weighted by atomic mass is 35.5. The van der Waals surface area contributed by atoms with Crippen LogP contribution in [0.2, 0.25) is 10.0 Å². The van der Waals surface area contributed by atoms with Crippen molar-refractivity contribution in [3.8, 4) is 17.2 Å². The second-order valence-corrected chi connectivity index (χ2v) is 5.69. The third-order valence-corrected chi connectivity index (χ3v) is 3.99. The normalized spacial score (nSPS) is 10.6. The largest absolute Gasteiger partial charge is 0.493 e. The molecule has 0 unspecified atom stereocenters. The van der Waals surface area contributed by atoms with E-state index in [4.69, 9.17) is 37.4 Å². The fraction of sp³-hybridized carbons (Fsp3) is 0.167. The molecule has 2 aromatic rings. The van der Waals surface area contributed by atoms with Crippen molar-refractivity contribution in [3.63, 3.8) is 0 Å². The van der Waals surface area contributed by atoms with Crippen LogP contribution in [0.1, 0.15) is 5.56 Å². The molecular weight excluding hydrogens is 365 g/mol. The van der Waals surface area contributed by atoms with Crippen LogP contribution in [0, 0.1) is 0 Å². The zero-order chi connectivity index (χ0) is 18.4. The van der Waals surface area contributed by atoms with Gasteiger partial charge in [-0.3, -0.25) is 4.79 Å². The Bertz CT molecular complexity index is 760. The number of carbonyl (C=O) groups is 1. The third-order valence-electron chi connectivity index (χ3n) is 3.33. The molecule has 2 aromatic carbocycles. The van der Waals surface area contributed by atoms with Crippen molar-refractivity contribution in [3.05, 3.63) is 52.0 Å². The second kappa shape index (κ2) is 8.65. The van der Waals surface area contributed by atoms with E-state index in [1.165, 1.54) is 27.4 Å². The number of amides is 1. The number of benzene rings is 2. The molecule has 0 atom stereocenters. The highest BCUT2D eigenvalue weighted by molar-refractivity contribution is 6.37. The van der Waals surface area contributed by atoms with E-state index >= 15 is 0 Å². The van der Waals surface area contributed by atoms with Crippen LogP contribution in [-0.4, -0.2) is 27.2 Å². The number of rotatable bonds is 6. The number of hydrogen-bond donors (Lipinski definition) is 1. The van der Waals surface area contributed by atoms with E-state index in [0.29, 0.717) is 38.5 Å². The van der Waals surface area contributed by atoms with Gasteiger partial charge >= 0.3 is 0 Å². The molecule has 0 radical (unpaired) electrons. The first-order valence-corrected chi connectivity index (χ1v) is 7.98. The average Bonchev–Trinajstić information content (AvgIpc) is 2.60. The third kappa shape index (κ3) is 4.59. The molecule has 2 rings (SSSR count). The van der Waals surface area contributed by atoms with E-state index in [2.05, 4.69) is 5.32 Å². The summed E-state index contributed by atoms with van der Waals surface area (Å²) in [5.74, 6) is 0.970. The summed E-state index contributed by atoms with van der Waals surface area (Å²) in [7, 11) is 4.51. The van der Waals surface area contributed by atoms with E-state index < -0.39 is 0 Å². The van der Waals surface area contributed by atoms with E-state index in [1.54, 1.807) is 36.4 Å². The summed E-state index contributed by atoms with van der Waals surface area (Å²) < 4.78 is 15.7. The molecule has 1 N–H and O–H groups in total. The number of hydrogen-bond acceptors (Lipinski definition) is 4. The van der Waals surface area contributed by atoms with Crippen molar-refractivity contribution in [2.75, 3.05) is 26.6 Å². The van der Waals surface area contributed by atoms with Crippen LogP contribution in [-0.2, 0) is 4.79 Å². The molecule has 0 fully saturated rings. The number of nitrogens with one attached hydrogen (secondary N) is 1. The van der Waals surface area contributed by atoms with Gasteiger partial charge in [0.2, 0.25) is 11.7 Å². The molecule has 0 heterocycles. The Balaban J connectivity index is 2.22. The zero-order valence-corrected chi connectivity index (χ0v) is 15.4. The van der Waals surface area contributed by atoms with Gasteiger partial charge in [-0.05, 0) is 18.2 Å². The summed E-state index contributed by atoms with van der Waals surface area (Å²) in [4.78, 5) is 12.2. The van der Waals surface area contributed by atoms with E-state index in [1.807, 2.05) is 0 Å². The topological polar surface area (TPSA) is 56.8 Å². The van der Waals surface area contributed by atoms with Crippen LogP contribution < -0.4 is 19.5 Å². The fourth-order valence-corrected chi connectivity index (χ4v) is 2.69. The first-order valence-electron chi connectivity index (χ1n) is 7.23. The van der Waals surface area contributed by atoms with Crippen LogP contribution in [0.4, 0.5) is 5.69 Å². The van der Waals surface area contributed by atoms with Crippen LogP contribution >= 0.6 is 23.2 Å². The van der Waals surface area contributed by atoms with Gasteiger partial charge in [-0.15, -0.1) is 0 Å². The van der Waals surface area contributed by atoms with Gasteiger partial charge in [-0.1, -0.05) is 29.3 Å². The van der Waals surface area contributed by atoms with Gasteiger partial charge in [0, 0.05) is 39.5 Å². The molecule has 0 spiro atoms. The summed E-state index contributed by atoms with van der Waals surface area (Å²) in [6.45, 7) is 0. The number of ether oxygens (including phenoxy) is 3. The van der Waals surface area contributed by atoms with Gasteiger partial charge in [0.25, 0.3) is 0 Å². The molecule has 7 heteroatoms. The van der Waals surface area contributed by atoms with Crippen molar-refractivity contribution in [1.82, 2.24) is 0 Å². The molecule has 1 amide bonds. The number of anilines is 1. The predicted molar refractivity (Wildman–Crippen MR) is 100 cm³/mol. The molecule has 5 nitrogen and oxygen atoms in total. The number of methoxy groups -OCH3 is 3. The lowest BCUT2D eigenvalue weighted by molar-refractivity contribution is -0.111. The zero-order valence-electron chi connectivity index (χ0n) is 13.9. The van der Waals surface area contributed by atoms with Gasteiger partial charge in [-0.2, -0.15) is 0 Å². The van der Waals surface area contributed by atoms with Gasteiger partial charge in [-0.25, -0.2) is 0 Å².